The van der Waals surface area contributed by atoms with E-state index in [-0.39, 0.29) is 0 Å². The first-order valence-electron chi connectivity index (χ1n) is 7.17. The highest BCUT2D eigenvalue weighted by molar-refractivity contribution is 5.54. The third-order valence-corrected chi connectivity index (χ3v) is 4.31. The summed E-state index contributed by atoms with van der Waals surface area (Å²) in [6.07, 6.45) is 8.16. The van der Waals surface area contributed by atoms with Crippen molar-refractivity contribution in [3.8, 4) is 0 Å². The Kier molecular flexibility index (Phi) is 3.25. The number of piperidine rings is 1. The number of fused-ring (bicyclic) bond motifs is 2. The fraction of sp³-hybridized carbons (Fsp3) is 0.667. The van der Waals surface area contributed by atoms with E-state index in [0.717, 1.165) is 18.5 Å². The van der Waals surface area contributed by atoms with Crippen LogP contribution in [0.15, 0.2) is 18.5 Å². The van der Waals surface area contributed by atoms with Gasteiger partial charge >= 0.3 is 0 Å². The molecule has 0 aromatic carbocycles. The Hall–Kier alpha value is -1.09. The highest BCUT2D eigenvalue weighted by Gasteiger charge is 2.38. The van der Waals surface area contributed by atoms with Crippen molar-refractivity contribution in [3.63, 3.8) is 0 Å². The third kappa shape index (κ3) is 2.24. The van der Waals surface area contributed by atoms with Crippen molar-refractivity contribution >= 4 is 5.69 Å². The molecule has 2 heterocycles. The normalized spacial score (nSPS) is 26.3. The highest BCUT2D eigenvalue weighted by Crippen LogP contribution is 2.40. The van der Waals surface area contributed by atoms with E-state index in [1.165, 1.54) is 37.1 Å². The molecule has 98 valence electrons. The molecule has 2 fully saturated rings. The van der Waals surface area contributed by atoms with Crippen LogP contribution in [0.4, 0.5) is 5.69 Å². The Morgan fingerprint density at radius 2 is 2.33 bits per heavy atom. The minimum Gasteiger partial charge on any atom is -0.367 e. The standard InChI is InChI=1S/C15H23N3/c1-11(2)17-8-13-5-6-16-9-15(13)18-10-12-3-4-14(18)7-12/h5-6,9,11-12,14,17H,3-4,7-8,10H2,1-2H3. The van der Waals surface area contributed by atoms with Crippen LogP contribution in [0.25, 0.3) is 0 Å². The average molecular weight is 245 g/mol. The second kappa shape index (κ2) is 4.88. The van der Waals surface area contributed by atoms with Gasteiger partial charge in [-0.15, -0.1) is 0 Å². The van der Waals surface area contributed by atoms with Gasteiger partial charge in [-0.2, -0.15) is 0 Å². The second-order valence-electron chi connectivity index (χ2n) is 6.03. The van der Waals surface area contributed by atoms with Gasteiger partial charge in [0.05, 0.1) is 11.9 Å². The Morgan fingerprint density at radius 3 is 3.00 bits per heavy atom. The van der Waals surface area contributed by atoms with E-state index in [1.807, 2.05) is 6.20 Å². The lowest BCUT2D eigenvalue weighted by Gasteiger charge is -2.30. The van der Waals surface area contributed by atoms with Crippen LogP contribution in [-0.4, -0.2) is 23.6 Å². The van der Waals surface area contributed by atoms with Crippen LogP contribution in [0.2, 0.25) is 0 Å². The number of rotatable bonds is 4. The van der Waals surface area contributed by atoms with Gasteiger partial charge in [-0.3, -0.25) is 4.98 Å². The van der Waals surface area contributed by atoms with Gasteiger partial charge in [-0.25, -0.2) is 0 Å². The van der Waals surface area contributed by atoms with Crippen LogP contribution in [0.1, 0.15) is 38.7 Å². The maximum atomic E-state index is 4.33. The van der Waals surface area contributed by atoms with E-state index >= 15 is 0 Å². The molecule has 1 aromatic rings. The maximum absolute atomic E-state index is 4.33. The molecular weight excluding hydrogens is 222 g/mol. The lowest BCUT2D eigenvalue weighted by Crippen LogP contribution is -2.33. The zero-order valence-electron chi connectivity index (χ0n) is 11.4. The number of hydrogen-bond donors (Lipinski definition) is 1. The molecule has 18 heavy (non-hydrogen) atoms. The van der Waals surface area contributed by atoms with Crippen molar-refractivity contribution in [2.45, 2.75) is 51.7 Å². The van der Waals surface area contributed by atoms with Gasteiger partial charge in [0.25, 0.3) is 0 Å². The van der Waals surface area contributed by atoms with Gasteiger partial charge in [0.2, 0.25) is 0 Å². The molecule has 0 radical (unpaired) electrons. The Balaban J connectivity index is 1.79. The molecule has 3 heteroatoms. The summed E-state index contributed by atoms with van der Waals surface area (Å²) in [5.41, 5.74) is 2.75. The zero-order valence-corrected chi connectivity index (χ0v) is 11.4. The SMILES string of the molecule is CC(C)NCc1ccncc1N1CC2CCC1C2. The van der Waals surface area contributed by atoms with E-state index in [9.17, 15) is 0 Å². The molecule has 2 unspecified atom stereocenters. The molecule has 3 nitrogen and oxygen atoms in total. The number of anilines is 1. The lowest BCUT2D eigenvalue weighted by atomic mass is 10.1. The van der Waals surface area contributed by atoms with Gasteiger partial charge in [-0.1, -0.05) is 13.8 Å². The fourth-order valence-electron chi connectivity index (χ4n) is 3.36. The summed E-state index contributed by atoms with van der Waals surface area (Å²) in [5.74, 6) is 0.932. The minimum atomic E-state index is 0.529. The van der Waals surface area contributed by atoms with E-state index in [1.54, 1.807) is 0 Å². The van der Waals surface area contributed by atoms with Crippen LogP contribution in [-0.2, 0) is 6.54 Å². The van der Waals surface area contributed by atoms with Crippen molar-refractivity contribution in [1.29, 1.82) is 0 Å². The monoisotopic (exact) mass is 245 g/mol. The number of pyridine rings is 1. The Morgan fingerprint density at radius 1 is 1.44 bits per heavy atom. The summed E-state index contributed by atoms with van der Waals surface area (Å²) < 4.78 is 0. The molecule has 2 aliphatic rings. The molecule has 3 rings (SSSR count). The first-order chi connectivity index (χ1) is 8.74. The molecule has 2 atom stereocenters. The molecule has 1 aliphatic carbocycles. The molecule has 1 aliphatic heterocycles. The molecule has 1 saturated carbocycles. The molecular formula is C15H23N3. The quantitative estimate of drug-likeness (QED) is 0.883. The van der Waals surface area contributed by atoms with E-state index in [2.05, 4.69) is 41.3 Å². The summed E-state index contributed by atoms with van der Waals surface area (Å²) in [4.78, 5) is 6.93. The molecule has 2 bridgehead atoms. The number of hydrogen-bond acceptors (Lipinski definition) is 3. The Bertz CT molecular complexity index is 416. The minimum absolute atomic E-state index is 0.529. The third-order valence-electron chi connectivity index (χ3n) is 4.31. The summed E-state index contributed by atoms with van der Waals surface area (Å²) in [6.45, 7) is 6.58. The van der Waals surface area contributed by atoms with Gasteiger partial charge in [0.15, 0.2) is 0 Å². The van der Waals surface area contributed by atoms with E-state index in [0.29, 0.717) is 6.04 Å². The van der Waals surface area contributed by atoms with Crippen molar-refractivity contribution < 1.29 is 0 Å². The van der Waals surface area contributed by atoms with Crippen LogP contribution >= 0.6 is 0 Å². The van der Waals surface area contributed by atoms with E-state index < -0.39 is 0 Å². The highest BCUT2D eigenvalue weighted by atomic mass is 15.2. The van der Waals surface area contributed by atoms with Crippen LogP contribution in [0.5, 0.6) is 0 Å². The molecule has 1 N–H and O–H groups in total. The predicted molar refractivity (Wildman–Crippen MR) is 74.7 cm³/mol. The predicted octanol–water partition coefficient (Wildman–Crippen LogP) is 2.57. The first-order valence-corrected chi connectivity index (χ1v) is 7.17. The fourth-order valence-corrected chi connectivity index (χ4v) is 3.36. The van der Waals surface area contributed by atoms with Gasteiger partial charge in [-0.05, 0) is 36.8 Å². The van der Waals surface area contributed by atoms with E-state index in [4.69, 9.17) is 0 Å². The smallest absolute Gasteiger partial charge is 0.0600 e. The second-order valence-corrected chi connectivity index (χ2v) is 6.03. The van der Waals surface area contributed by atoms with Crippen molar-refractivity contribution in [2.24, 2.45) is 5.92 Å². The Labute approximate surface area is 110 Å². The van der Waals surface area contributed by atoms with Crippen LogP contribution in [0.3, 0.4) is 0 Å². The topological polar surface area (TPSA) is 28.2 Å². The largest absolute Gasteiger partial charge is 0.367 e. The van der Waals surface area contributed by atoms with Gasteiger partial charge in [0.1, 0.15) is 0 Å². The van der Waals surface area contributed by atoms with Crippen molar-refractivity contribution in [2.75, 3.05) is 11.4 Å². The summed E-state index contributed by atoms with van der Waals surface area (Å²) in [7, 11) is 0. The van der Waals surface area contributed by atoms with Gasteiger partial charge < -0.3 is 10.2 Å². The van der Waals surface area contributed by atoms with Gasteiger partial charge in [0, 0.05) is 31.4 Å². The lowest BCUT2D eigenvalue weighted by molar-refractivity contribution is 0.548. The summed E-state index contributed by atoms with van der Waals surface area (Å²) in [5, 5.41) is 3.52. The number of nitrogens with zero attached hydrogens (tertiary/aromatic N) is 2. The number of nitrogens with one attached hydrogen (secondary N) is 1. The molecule has 0 spiro atoms. The molecule has 1 aromatic heterocycles. The molecule has 1 saturated heterocycles. The molecule has 0 amide bonds. The van der Waals surface area contributed by atoms with Crippen molar-refractivity contribution in [1.82, 2.24) is 10.3 Å². The number of aromatic nitrogens is 1. The summed E-state index contributed by atoms with van der Waals surface area (Å²) in [6, 6.07) is 3.47. The maximum Gasteiger partial charge on any atom is 0.0600 e. The van der Waals surface area contributed by atoms with Crippen molar-refractivity contribution in [3.05, 3.63) is 24.0 Å². The average Bonchev–Trinajstić information content (AvgIpc) is 2.99. The summed E-state index contributed by atoms with van der Waals surface area (Å²) >= 11 is 0. The van der Waals surface area contributed by atoms with Crippen LogP contribution < -0.4 is 10.2 Å². The zero-order chi connectivity index (χ0) is 12.5. The first kappa shape index (κ1) is 12.0. The van der Waals surface area contributed by atoms with Crippen LogP contribution in [0, 0.1) is 5.92 Å².